The summed E-state index contributed by atoms with van der Waals surface area (Å²) in [6.07, 6.45) is 7.76. The number of fused-ring (bicyclic) bond motifs is 12. The summed E-state index contributed by atoms with van der Waals surface area (Å²) in [4.78, 5) is 16.2. The Bertz CT molecular complexity index is 3540. The van der Waals surface area contributed by atoms with E-state index in [1.807, 2.05) is 11.3 Å². The van der Waals surface area contributed by atoms with E-state index < -0.39 is 0 Å². The van der Waals surface area contributed by atoms with Gasteiger partial charge in [-0.2, -0.15) is 0 Å². The van der Waals surface area contributed by atoms with Gasteiger partial charge in [-0.3, -0.25) is 0 Å². The minimum absolute atomic E-state index is 0.0354. The highest BCUT2D eigenvalue weighted by atomic mass is 32.1. The molecule has 4 heterocycles. The largest absolute Gasteiger partial charge is 0.308 e. The van der Waals surface area contributed by atoms with Crippen molar-refractivity contribution in [1.82, 2.24) is 24.1 Å². The molecule has 4 aliphatic rings. The van der Waals surface area contributed by atoms with Crippen molar-refractivity contribution in [3.63, 3.8) is 0 Å². The van der Waals surface area contributed by atoms with Crippen LogP contribution in [-0.4, -0.2) is 24.1 Å². The second-order valence-electron chi connectivity index (χ2n) is 18.2. The Kier molecular flexibility index (Phi) is 7.10. The van der Waals surface area contributed by atoms with Gasteiger partial charge >= 0.3 is 0 Å². The smallest absolute Gasteiger partial charge is 0.163 e. The summed E-state index contributed by atoms with van der Waals surface area (Å²) in [6, 6.07) is 57.4. The summed E-state index contributed by atoms with van der Waals surface area (Å²) in [6.45, 7) is 0. The number of hydrogen-bond donors (Lipinski definition) is 0. The van der Waals surface area contributed by atoms with Crippen molar-refractivity contribution in [2.75, 3.05) is 0 Å². The number of nitrogens with zero attached hydrogens (tertiary/aromatic N) is 5. The highest BCUT2D eigenvalue weighted by Crippen LogP contribution is 2.60. The first-order valence-electron chi connectivity index (χ1n) is 22.0. The van der Waals surface area contributed by atoms with E-state index in [0.717, 1.165) is 57.7 Å². The van der Waals surface area contributed by atoms with Crippen LogP contribution in [0, 0.1) is 17.8 Å². The van der Waals surface area contributed by atoms with Crippen LogP contribution < -0.4 is 0 Å². The van der Waals surface area contributed by atoms with Gasteiger partial charge in [0.05, 0.1) is 26.8 Å². The molecule has 5 nitrogen and oxygen atoms in total. The molecule has 6 heteroatoms. The van der Waals surface area contributed by atoms with Gasteiger partial charge in [0, 0.05) is 64.9 Å². The van der Waals surface area contributed by atoms with Gasteiger partial charge < -0.3 is 9.13 Å². The fourth-order valence-corrected chi connectivity index (χ4v) is 13.9. The Hall–Kier alpha value is -6.63. The summed E-state index contributed by atoms with van der Waals surface area (Å²) in [5.41, 5.74) is 9.22. The van der Waals surface area contributed by atoms with Crippen LogP contribution in [-0.2, 0) is 5.41 Å². The summed E-state index contributed by atoms with van der Waals surface area (Å²) < 4.78 is 7.65. The molecule has 15 rings (SSSR count). The van der Waals surface area contributed by atoms with Crippen molar-refractivity contribution in [3.8, 4) is 34.2 Å². The zero-order valence-corrected chi connectivity index (χ0v) is 34.4. The lowest BCUT2D eigenvalue weighted by molar-refractivity contribution is -0.00938. The van der Waals surface area contributed by atoms with E-state index in [0.29, 0.717) is 0 Å². The quantitative estimate of drug-likeness (QED) is 0.174. The third kappa shape index (κ3) is 4.91. The lowest BCUT2D eigenvalue weighted by Gasteiger charge is -2.56. The van der Waals surface area contributed by atoms with Gasteiger partial charge in [0.1, 0.15) is 5.82 Å². The van der Waals surface area contributed by atoms with Crippen LogP contribution in [0.4, 0.5) is 0 Å². The third-order valence-corrected chi connectivity index (χ3v) is 15.8. The molecule has 7 aromatic carbocycles. The fourth-order valence-electron chi connectivity index (χ4n) is 12.6. The van der Waals surface area contributed by atoms with E-state index in [1.165, 1.54) is 102 Å². The average Bonchev–Trinajstić information content (AvgIpc) is 3.97. The second kappa shape index (κ2) is 12.7. The average molecular weight is 804 g/mol. The van der Waals surface area contributed by atoms with Gasteiger partial charge in [-0.15, -0.1) is 11.3 Å². The number of benzene rings is 7. The van der Waals surface area contributed by atoms with E-state index in [9.17, 15) is 0 Å². The minimum Gasteiger partial charge on any atom is -0.308 e. The molecule has 0 aliphatic heterocycles. The molecule has 4 saturated carbocycles. The molecular formula is C55H41N5S. The molecule has 4 aliphatic carbocycles. The Morgan fingerprint density at radius 1 is 0.459 bits per heavy atom. The van der Waals surface area contributed by atoms with Gasteiger partial charge in [0.25, 0.3) is 0 Å². The predicted molar refractivity (Wildman–Crippen MR) is 252 cm³/mol. The molecule has 4 fully saturated rings. The normalized spacial score (nSPS) is 21.0. The first-order valence-corrected chi connectivity index (χ1v) is 22.8. The van der Waals surface area contributed by atoms with Crippen molar-refractivity contribution in [1.29, 1.82) is 0 Å². The molecule has 0 N–H and O–H groups in total. The molecule has 0 spiro atoms. The molecule has 292 valence electrons. The first-order chi connectivity index (χ1) is 30.2. The van der Waals surface area contributed by atoms with Crippen molar-refractivity contribution in [3.05, 3.63) is 164 Å². The predicted octanol–water partition coefficient (Wildman–Crippen LogP) is 14.2. The van der Waals surface area contributed by atoms with Crippen LogP contribution in [0.3, 0.4) is 0 Å². The summed E-state index contributed by atoms with van der Waals surface area (Å²) in [5, 5.41) is 7.69. The van der Waals surface area contributed by atoms with Crippen molar-refractivity contribution >= 4 is 75.1 Å². The number of rotatable bonds is 5. The summed E-state index contributed by atoms with van der Waals surface area (Å²) >= 11 is 1.91. The molecule has 61 heavy (non-hydrogen) atoms. The number of hydrogen-bond acceptors (Lipinski definition) is 4. The van der Waals surface area contributed by atoms with Gasteiger partial charge in [-0.1, -0.05) is 115 Å². The lowest BCUT2D eigenvalue weighted by atomic mass is 9.49. The molecule has 0 saturated heterocycles. The number of para-hydroxylation sites is 3. The zero-order valence-electron chi connectivity index (χ0n) is 33.6. The topological polar surface area (TPSA) is 48.5 Å². The monoisotopic (exact) mass is 803 g/mol. The van der Waals surface area contributed by atoms with Crippen LogP contribution in [0.5, 0.6) is 0 Å². The van der Waals surface area contributed by atoms with E-state index in [4.69, 9.17) is 15.0 Å². The van der Waals surface area contributed by atoms with Crippen LogP contribution >= 0.6 is 11.3 Å². The van der Waals surface area contributed by atoms with Crippen LogP contribution in [0.2, 0.25) is 0 Å². The van der Waals surface area contributed by atoms with E-state index >= 15 is 0 Å². The molecular weight excluding hydrogens is 763 g/mol. The second-order valence-corrected chi connectivity index (χ2v) is 19.3. The van der Waals surface area contributed by atoms with Crippen LogP contribution in [0.1, 0.15) is 44.3 Å². The maximum atomic E-state index is 5.53. The maximum absolute atomic E-state index is 5.53. The summed E-state index contributed by atoms with van der Waals surface area (Å²) in [7, 11) is 0. The van der Waals surface area contributed by atoms with Crippen LogP contribution in [0.25, 0.3) is 97.9 Å². The van der Waals surface area contributed by atoms with Gasteiger partial charge in [-0.05, 0) is 98.7 Å². The van der Waals surface area contributed by atoms with E-state index in [1.54, 1.807) is 0 Å². The Morgan fingerprint density at radius 3 is 1.70 bits per heavy atom. The lowest BCUT2D eigenvalue weighted by Crippen LogP contribution is -2.49. The van der Waals surface area contributed by atoms with Gasteiger partial charge in [-0.25, -0.2) is 15.0 Å². The molecule has 0 radical (unpaired) electrons. The Morgan fingerprint density at radius 2 is 1.00 bits per heavy atom. The highest BCUT2D eigenvalue weighted by molar-refractivity contribution is 7.27. The SMILES string of the molecule is c1ccc(-c2nc(-c3cccc(-n4c5ccccc5c5c6c7ccccc7sc6c6c(c7ccccc7n6-c6ccccc6)c54)c3)nc(C34CC5CC(CC(C5)C3)C4)n2)cc1. The van der Waals surface area contributed by atoms with Crippen molar-refractivity contribution in [2.24, 2.45) is 17.8 Å². The summed E-state index contributed by atoms with van der Waals surface area (Å²) in [5.74, 6) is 4.94. The molecule has 4 aromatic heterocycles. The Labute approximate surface area is 357 Å². The van der Waals surface area contributed by atoms with E-state index in [-0.39, 0.29) is 5.41 Å². The molecule has 0 unspecified atom stereocenters. The molecule has 0 amide bonds. The highest BCUT2D eigenvalue weighted by Gasteiger charge is 2.53. The number of aromatic nitrogens is 5. The Balaban J connectivity index is 1.08. The van der Waals surface area contributed by atoms with Gasteiger partial charge in [0.2, 0.25) is 0 Å². The third-order valence-electron chi connectivity index (χ3n) is 14.6. The van der Waals surface area contributed by atoms with Gasteiger partial charge in [0.15, 0.2) is 11.6 Å². The molecule has 0 atom stereocenters. The van der Waals surface area contributed by atoms with Crippen molar-refractivity contribution in [2.45, 2.75) is 43.9 Å². The fraction of sp³-hybridized carbons (Fsp3) is 0.182. The van der Waals surface area contributed by atoms with Crippen LogP contribution in [0.15, 0.2) is 158 Å². The minimum atomic E-state index is 0.0354. The molecule has 11 aromatic rings. The molecule has 4 bridgehead atoms. The van der Waals surface area contributed by atoms with E-state index in [2.05, 4.69) is 167 Å². The standard InChI is InChI=1S/C55H41N5S/c1-3-14-36(15-4-1)52-56-53(58-54(57-52)55-30-33-26-34(31-55)28-35(27-33)32-55)37-16-13-19-39(29-37)60-43-23-10-7-20-40(43)46-47-42-22-9-12-25-45(42)61-51(47)50-48(49(46)60)41-21-8-11-24-44(41)59(50)38-17-5-2-6-18-38/h1-25,29,33-35H,26-28,30-32H2. The first kappa shape index (κ1) is 34.1. The van der Waals surface area contributed by atoms with Crippen molar-refractivity contribution < 1.29 is 0 Å². The maximum Gasteiger partial charge on any atom is 0.163 e. The number of thiophene rings is 1. The zero-order chi connectivity index (χ0) is 39.8.